The first-order chi connectivity index (χ1) is 11.8. The van der Waals surface area contributed by atoms with E-state index in [1.54, 1.807) is 19.9 Å². The normalized spacial score (nSPS) is 16.8. The summed E-state index contributed by atoms with van der Waals surface area (Å²) >= 11 is 0. The van der Waals surface area contributed by atoms with Gasteiger partial charge in [-0.3, -0.25) is 4.79 Å². The van der Waals surface area contributed by atoms with Gasteiger partial charge in [0.05, 0.1) is 12.7 Å². The predicted molar refractivity (Wildman–Crippen MR) is 90.2 cm³/mol. The second-order valence-corrected chi connectivity index (χ2v) is 6.69. The molecule has 0 bridgehead atoms. The third-order valence-electron chi connectivity index (χ3n) is 4.53. The van der Waals surface area contributed by atoms with Gasteiger partial charge in [-0.15, -0.1) is 0 Å². The Morgan fingerprint density at radius 3 is 2.64 bits per heavy atom. The Balaban J connectivity index is 2.28. The van der Waals surface area contributed by atoms with Crippen molar-refractivity contribution in [3.63, 3.8) is 0 Å². The molecule has 0 radical (unpaired) electrons. The average molecular weight is 350 g/mol. The van der Waals surface area contributed by atoms with Crippen molar-refractivity contribution in [2.45, 2.75) is 45.0 Å². The van der Waals surface area contributed by atoms with E-state index in [9.17, 15) is 20.1 Å². The number of ether oxygens (including phenoxy) is 2. The van der Waals surface area contributed by atoms with Crippen LogP contribution in [0.5, 0.6) is 11.5 Å². The third kappa shape index (κ3) is 2.88. The summed E-state index contributed by atoms with van der Waals surface area (Å²) in [6.45, 7) is 2.62. The summed E-state index contributed by atoms with van der Waals surface area (Å²) in [5.41, 5.74) is -0.241. The number of fused-ring (bicyclic) bond motifs is 2. The zero-order valence-corrected chi connectivity index (χ0v) is 14.5. The van der Waals surface area contributed by atoms with Gasteiger partial charge in [0.1, 0.15) is 40.9 Å². The van der Waals surface area contributed by atoms with Gasteiger partial charge in [0.2, 0.25) is 0 Å². The first-order valence-corrected chi connectivity index (χ1v) is 8.11. The molecule has 0 saturated heterocycles. The highest BCUT2D eigenvalue weighted by Gasteiger charge is 2.38. The molecular weight excluding hydrogens is 328 g/mol. The van der Waals surface area contributed by atoms with Crippen LogP contribution in [0.15, 0.2) is 15.3 Å². The van der Waals surface area contributed by atoms with Crippen molar-refractivity contribution in [2.75, 3.05) is 13.7 Å². The Bertz CT molecular complexity index is 861. The Labute approximate surface area is 144 Å². The molecule has 3 N–H and O–H groups in total. The highest BCUT2D eigenvalue weighted by Crippen LogP contribution is 2.43. The number of aliphatic hydroxyl groups excluding tert-OH is 2. The third-order valence-corrected chi connectivity index (χ3v) is 4.53. The van der Waals surface area contributed by atoms with Crippen LogP contribution < -0.4 is 14.9 Å². The zero-order valence-electron chi connectivity index (χ0n) is 14.5. The molecule has 1 atom stereocenters. The van der Waals surface area contributed by atoms with Gasteiger partial charge in [0, 0.05) is 36.6 Å². The van der Waals surface area contributed by atoms with E-state index in [2.05, 4.69) is 0 Å². The van der Waals surface area contributed by atoms with E-state index in [0.29, 0.717) is 23.5 Å². The van der Waals surface area contributed by atoms with Gasteiger partial charge < -0.3 is 29.2 Å². The molecule has 1 aromatic heterocycles. The van der Waals surface area contributed by atoms with Crippen LogP contribution in [-0.2, 0) is 19.4 Å². The maximum Gasteiger partial charge on any atom is 0.200 e. The number of hydrogen-bond acceptors (Lipinski definition) is 7. The minimum absolute atomic E-state index is 0.0806. The van der Waals surface area contributed by atoms with Crippen LogP contribution >= 0.6 is 0 Å². The minimum Gasteiger partial charge on any atom is -0.495 e. The smallest absolute Gasteiger partial charge is 0.200 e. The van der Waals surface area contributed by atoms with Gasteiger partial charge >= 0.3 is 0 Å². The predicted octanol–water partition coefficient (Wildman–Crippen LogP) is 0.903. The average Bonchev–Trinajstić information content (AvgIpc) is 2.99. The highest BCUT2D eigenvalue weighted by molar-refractivity contribution is 5.88. The number of benzene rings is 1. The summed E-state index contributed by atoms with van der Waals surface area (Å²) in [6, 6.07) is 1.59. The molecule has 7 nitrogen and oxygen atoms in total. The van der Waals surface area contributed by atoms with Gasteiger partial charge in [-0.2, -0.15) is 0 Å². The van der Waals surface area contributed by atoms with Gasteiger partial charge in [-0.05, 0) is 13.8 Å². The molecule has 0 fully saturated rings. The van der Waals surface area contributed by atoms with Crippen molar-refractivity contribution in [2.24, 2.45) is 0 Å². The largest absolute Gasteiger partial charge is 0.495 e. The number of rotatable bonds is 5. The molecule has 1 unspecified atom stereocenters. The maximum absolute atomic E-state index is 12.9. The van der Waals surface area contributed by atoms with E-state index in [4.69, 9.17) is 13.9 Å². The Morgan fingerprint density at radius 1 is 1.36 bits per heavy atom. The second-order valence-electron chi connectivity index (χ2n) is 6.69. The quantitative estimate of drug-likeness (QED) is 0.735. The Hall–Kier alpha value is -2.09. The molecule has 3 rings (SSSR count). The molecular formula is C18H22O7. The van der Waals surface area contributed by atoms with Crippen LogP contribution in [0, 0.1) is 0 Å². The van der Waals surface area contributed by atoms with Gasteiger partial charge in [-0.25, -0.2) is 0 Å². The molecule has 7 heteroatoms. The van der Waals surface area contributed by atoms with E-state index in [1.807, 2.05) is 0 Å². The second kappa shape index (κ2) is 6.33. The van der Waals surface area contributed by atoms with E-state index < -0.39 is 18.3 Å². The monoisotopic (exact) mass is 350 g/mol. The zero-order chi connectivity index (χ0) is 18.4. The van der Waals surface area contributed by atoms with Crippen molar-refractivity contribution in [3.05, 3.63) is 33.2 Å². The molecule has 25 heavy (non-hydrogen) atoms. The summed E-state index contributed by atoms with van der Waals surface area (Å²) in [5, 5.41) is 29.2. The SMILES string of the molecule is COc1c2c(cc3oc(CO)c(CCO)c(=O)c13)OC(C(C)(C)O)C2. The van der Waals surface area contributed by atoms with Crippen molar-refractivity contribution in [3.8, 4) is 11.5 Å². The molecule has 0 saturated carbocycles. The molecule has 1 aromatic carbocycles. The fourth-order valence-electron chi connectivity index (χ4n) is 3.21. The lowest BCUT2D eigenvalue weighted by molar-refractivity contribution is -0.0229. The summed E-state index contributed by atoms with van der Waals surface area (Å²) in [7, 11) is 1.46. The number of methoxy groups -OCH3 is 1. The molecule has 0 aliphatic carbocycles. The lowest BCUT2D eigenvalue weighted by atomic mass is 9.95. The van der Waals surface area contributed by atoms with Crippen LogP contribution in [0.3, 0.4) is 0 Å². The van der Waals surface area contributed by atoms with Gasteiger partial charge in [0.15, 0.2) is 5.43 Å². The van der Waals surface area contributed by atoms with Crippen LogP contribution in [-0.4, -0.2) is 40.7 Å². The summed E-state index contributed by atoms with van der Waals surface area (Å²) in [6.07, 6.45) is 0.00335. The standard InChI is InChI=1S/C18H22O7/c1-18(2,22)14-6-10-11(25-14)7-12-15(17(10)23-3)16(21)9(4-5-19)13(8-20)24-12/h7,14,19-20,22H,4-6,8H2,1-3H3. The molecule has 1 aliphatic rings. The summed E-state index contributed by atoms with van der Waals surface area (Å²) in [4.78, 5) is 12.9. The van der Waals surface area contributed by atoms with Crippen molar-refractivity contribution in [1.29, 1.82) is 0 Å². The fraction of sp³-hybridized carbons (Fsp3) is 0.500. The van der Waals surface area contributed by atoms with Gasteiger partial charge in [-0.1, -0.05) is 0 Å². The van der Waals surface area contributed by atoms with Gasteiger partial charge in [0.25, 0.3) is 0 Å². The van der Waals surface area contributed by atoms with Crippen LogP contribution in [0.1, 0.15) is 30.7 Å². The fourth-order valence-corrected chi connectivity index (χ4v) is 3.21. The van der Waals surface area contributed by atoms with Crippen molar-refractivity contribution < 1.29 is 29.2 Å². The Morgan fingerprint density at radius 2 is 2.08 bits per heavy atom. The van der Waals surface area contributed by atoms with Crippen LogP contribution in [0.2, 0.25) is 0 Å². The topological polar surface area (TPSA) is 109 Å². The lowest BCUT2D eigenvalue weighted by Crippen LogP contribution is -2.39. The van der Waals surface area contributed by atoms with E-state index in [-0.39, 0.29) is 40.7 Å². The molecule has 136 valence electrons. The Kier molecular flexibility index (Phi) is 4.49. The molecule has 2 heterocycles. The maximum atomic E-state index is 12.9. The molecule has 1 aliphatic heterocycles. The van der Waals surface area contributed by atoms with Crippen molar-refractivity contribution in [1.82, 2.24) is 0 Å². The lowest BCUT2D eigenvalue weighted by Gasteiger charge is -2.24. The highest BCUT2D eigenvalue weighted by atomic mass is 16.5. The van der Waals surface area contributed by atoms with E-state index >= 15 is 0 Å². The summed E-state index contributed by atoms with van der Waals surface area (Å²) in [5.74, 6) is 0.945. The first-order valence-electron chi connectivity index (χ1n) is 8.11. The van der Waals surface area contributed by atoms with E-state index in [0.717, 1.165) is 0 Å². The van der Waals surface area contributed by atoms with Crippen LogP contribution in [0.25, 0.3) is 11.0 Å². The van der Waals surface area contributed by atoms with Crippen LogP contribution in [0.4, 0.5) is 0 Å². The molecule has 0 spiro atoms. The number of hydrogen-bond donors (Lipinski definition) is 3. The first kappa shape index (κ1) is 17.7. The number of aliphatic hydroxyl groups is 3. The molecule has 0 amide bonds. The van der Waals surface area contributed by atoms with E-state index in [1.165, 1.54) is 7.11 Å². The molecule has 2 aromatic rings. The summed E-state index contributed by atoms with van der Waals surface area (Å²) < 4.78 is 17.0. The minimum atomic E-state index is -1.06. The van der Waals surface area contributed by atoms with Crippen molar-refractivity contribution >= 4 is 11.0 Å².